The number of H-pyrrole nitrogens is 1. The highest BCUT2D eigenvalue weighted by Crippen LogP contribution is 2.32. The van der Waals surface area contributed by atoms with Crippen LogP contribution < -0.4 is 24.5 Å². The number of hydrogen-bond acceptors (Lipinski definition) is 11. The molecule has 0 aliphatic carbocycles. The number of aromatic nitrogens is 2. The number of carbonyl (C=O) groups is 3. The number of Topliss-reactive ketones (excluding diaryl/α,β-unsaturated/α-hetero) is 1. The Morgan fingerprint density at radius 3 is 2.22 bits per heavy atom. The van der Waals surface area contributed by atoms with Crippen molar-refractivity contribution in [2.45, 2.75) is 60.3 Å². The van der Waals surface area contributed by atoms with Gasteiger partial charge in [-0.25, -0.2) is 9.78 Å². The quantitative estimate of drug-likeness (QED) is 0.0692. The van der Waals surface area contributed by atoms with Gasteiger partial charge < -0.3 is 38.2 Å². The van der Waals surface area contributed by atoms with Crippen molar-refractivity contribution < 1.29 is 42.8 Å². The summed E-state index contributed by atoms with van der Waals surface area (Å²) in [4.78, 5) is 57.3. The average Bonchev–Trinajstić information content (AvgIpc) is 3.10. The zero-order chi connectivity index (χ0) is 37.1. The van der Waals surface area contributed by atoms with Crippen molar-refractivity contribution >= 4 is 28.8 Å². The molecular weight excluding hydrogens is 656 g/mol. The van der Waals surface area contributed by atoms with Crippen molar-refractivity contribution in [2.24, 2.45) is 11.8 Å². The Morgan fingerprint density at radius 1 is 0.882 bits per heavy atom. The van der Waals surface area contributed by atoms with Crippen molar-refractivity contribution in [1.29, 1.82) is 0 Å². The summed E-state index contributed by atoms with van der Waals surface area (Å²) in [6.45, 7) is 9.72. The minimum absolute atomic E-state index is 0.0629. The first kappa shape index (κ1) is 38.4. The van der Waals surface area contributed by atoms with E-state index in [0.29, 0.717) is 58.5 Å². The van der Waals surface area contributed by atoms with E-state index in [9.17, 15) is 19.2 Å². The van der Waals surface area contributed by atoms with Gasteiger partial charge in [0, 0.05) is 24.1 Å². The summed E-state index contributed by atoms with van der Waals surface area (Å²) in [6.07, 6.45) is 1.30. The van der Waals surface area contributed by atoms with Crippen LogP contribution in [-0.4, -0.2) is 61.9 Å². The maximum atomic E-state index is 13.0. The lowest BCUT2D eigenvalue weighted by Gasteiger charge is -2.16. The van der Waals surface area contributed by atoms with Crippen molar-refractivity contribution in [2.75, 3.05) is 34.0 Å². The number of nitrogens with zero attached hydrogens (tertiary/aromatic N) is 1. The van der Waals surface area contributed by atoms with Crippen LogP contribution in [0.2, 0.25) is 0 Å². The molecule has 0 spiro atoms. The molecule has 12 heteroatoms. The molecule has 3 aromatic carbocycles. The van der Waals surface area contributed by atoms with Gasteiger partial charge in [-0.2, -0.15) is 0 Å². The number of methoxy groups -OCH3 is 2. The topological polar surface area (TPSA) is 152 Å². The van der Waals surface area contributed by atoms with Gasteiger partial charge in [-0.15, -0.1) is 0 Å². The van der Waals surface area contributed by atoms with Crippen LogP contribution in [0.1, 0.15) is 56.7 Å². The lowest BCUT2D eigenvalue weighted by Crippen LogP contribution is -2.23. The average molecular weight is 703 g/mol. The predicted octanol–water partition coefficient (Wildman–Crippen LogP) is 6.94. The molecule has 0 saturated heterocycles. The van der Waals surface area contributed by atoms with Gasteiger partial charge in [-0.05, 0) is 80.5 Å². The van der Waals surface area contributed by atoms with E-state index in [2.05, 4.69) is 23.8 Å². The Bertz CT molecular complexity index is 1880. The molecule has 4 aromatic rings. The van der Waals surface area contributed by atoms with Gasteiger partial charge in [0.1, 0.15) is 53.2 Å². The Morgan fingerprint density at radius 2 is 1.59 bits per heavy atom. The summed E-state index contributed by atoms with van der Waals surface area (Å²) in [7, 11) is 3.01. The molecule has 0 radical (unpaired) electrons. The van der Waals surface area contributed by atoms with Crippen molar-refractivity contribution in [3.8, 4) is 34.4 Å². The molecule has 1 aromatic heterocycles. The predicted molar refractivity (Wildman–Crippen MR) is 192 cm³/mol. The third kappa shape index (κ3) is 10.6. The number of fused-ring (bicyclic) bond motifs is 1. The Labute approximate surface area is 297 Å². The van der Waals surface area contributed by atoms with Gasteiger partial charge in [0.2, 0.25) is 0 Å². The standard InChI is InChI=1S/C39H46N2O10/c1-8-23(2)13-14-49-38(44)29(19-26(5)42)20-27-9-11-30(12-10-27)51-39(45)50-16-15-48-35-24(3)17-28(18-25(35)4)36-40-32-21-31(46-6)22-33(47-7)34(32)37(43)41-36/h9-12,17-18,21-23,29H,8,13-16,19-20H2,1-7H3,(H,40,41,43). The van der Waals surface area contributed by atoms with Crippen molar-refractivity contribution in [1.82, 2.24) is 9.97 Å². The van der Waals surface area contributed by atoms with Gasteiger partial charge in [0.05, 0.1) is 32.3 Å². The van der Waals surface area contributed by atoms with Crippen molar-refractivity contribution in [3.63, 3.8) is 0 Å². The molecule has 1 heterocycles. The number of hydrogen-bond donors (Lipinski definition) is 1. The van der Waals surface area contributed by atoms with Gasteiger partial charge in [-0.3, -0.25) is 9.59 Å². The fourth-order valence-corrected chi connectivity index (χ4v) is 5.58. The van der Waals surface area contributed by atoms with Gasteiger partial charge in [-0.1, -0.05) is 32.4 Å². The second kappa shape index (κ2) is 18.0. The molecule has 0 fully saturated rings. The molecule has 272 valence electrons. The summed E-state index contributed by atoms with van der Waals surface area (Å²) in [5, 5.41) is 0.326. The number of esters is 1. The SMILES string of the molecule is CCC(C)CCOC(=O)C(CC(C)=O)Cc1ccc(OC(=O)OCCOc2c(C)cc(-c3nc4cc(OC)cc(OC)c4c(=O)[nH]3)cc2C)cc1. The second-order valence-electron chi connectivity index (χ2n) is 12.5. The first-order valence-electron chi connectivity index (χ1n) is 16.9. The summed E-state index contributed by atoms with van der Waals surface area (Å²) in [5.41, 5.74) is 3.17. The number of aromatic amines is 1. The maximum Gasteiger partial charge on any atom is 0.513 e. The van der Waals surface area contributed by atoms with E-state index in [1.165, 1.54) is 21.1 Å². The van der Waals surface area contributed by atoms with Crippen LogP contribution in [0.15, 0.2) is 53.3 Å². The molecule has 1 N–H and O–H groups in total. The molecule has 0 amide bonds. The van der Waals surface area contributed by atoms with Crippen molar-refractivity contribution in [3.05, 3.63) is 75.6 Å². The molecule has 2 atom stereocenters. The number of aryl methyl sites for hydroxylation is 2. The summed E-state index contributed by atoms with van der Waals surface area (Å²) < 4.78 is 32.6. The molecular formula is C39H46N2O10. The number of nitrogens with one attached hydrogen (secondary N) is 1. The minimum Gasteiger partial charge on any atom is -0.497 e. The van der Waals surface area contributed by atoms with E-state index in [1.807, 2.05) is 26.0 Å². The van der Waals surface area contributed by atoms with Crippen LogP contribution in [0.25, 0.3) is 22.3 Å². The van der Waals surface area contributed by atoms with E-state index in [0.717, 1.165) is 29.5 Å². The fraction of sp³-hybridized carbons (Fsp3) is 0.410. The van der Waals surface area contributed by atoms with Crippen LogP contribution in [-0.2, 0) is 25.5 Å². The molecule has 0 bridgehead atoms. The highest BCUT2D eigenvalue weighted by atomic mass is 16.7. The molecule has 0 aliphatic rings. The van der Waals surface area contributed by atoms with E-state index in [-0.39, 0.29) is 42.7 Å². The molecule has 51 heavy (non-hydrogen) atoms. The van der Waals surface area contributed by atoms with E-state index in [1.54, 1.807) is 36.4 Å². The molecule has 0 aliphatic heterocycles. The maximum absolute atomic E-state index is 13.0. The first-order chi connectivity index (χ1) is 24.4. The first-order valence-corrected chi connectivity index (χ1v) is 16.9. The van der Waals surface area contributed by atoms with E-state index in [4.69, 9.17) is 28.4 Å². The third-order valence-corrected chi connectivity index (χ3v) is 8.51. The Balaban J connectivity index is 1.30. The summed E-state index contributed by atoms with van der Waals surface area (Å²) in [6, 6.07) is 13.7. The Kier molecular flexibility index (Phi) is 13.6. The molecule has 2 unspecified atom stereocenters. The summed E-state index contributed by atoms with van der Waals surface area (Å²) in [5.74, 6) is 1.52. The fourth-order valence-electron chi connectivity index (χ4n) is 5.58. The lowest BCUT2D eigenvalue weighted by atomic mass is 9.94. The zero-order valence-corrected chi connectivity index (χ0v) is 30.3. The highest BCUT2D eigenvalue weighted by Gasteiger charge is 2.23. The van der Waals surface area contributed by atoms with Crippen LogP contribution in [0.4, 0.5) is 4.79 Å². The number of benzene rings is 3. The second-order valence-corrected chi connectivity index (χ2v) is 12.5. The van der Waals surface area contributed by atoms with Gasteiger partial charge in [0.25, 0.3) is 5.56 Å². The Hall–Kier alpha value is -5.39. The van der Waals surface area contributed by atoms with Crippen LogP contribution in [0.5, 0.6) is 23.0 Å². The van der Waals surface area contributed by atoms with Crippen LogP contribution >= 0.6 is 0 Å². The molecule has 0 saturated carbocycles. The minimum atomic E-state index is -0.894. The van der Waals surface area contributed by atoms with E-state index < -0.39 is 12.1 Å². The number of rotatable bonds is 17. The highest BCUT2D eigenvalue weighted by molar-refractivity contribution is 5.87. The lowest BCUT2D eigenvalue weighted by molar-refractivity contribution is -0.150. The smallest absolute Gasteiger partial charge is 0.497 e. The monoisotopic (exact) mass is 702 g/mol. The summed E-state index contributed by atoms with van der Waals surface area (Å²) >= 11 is 0. The van der Waals surface area contributed by atoms with Crippen LogP contribution in [0.3, 0.4) is 0 Å². The number of ether oxygens (including phenoxy) is 6. The number of ketones is 1. The van der Waals surface area contributed by atoms with Crippen LogP contribution in [0, 0.1) is 25.7 Å². The number of carbonyl (C=O) groups excluding carboxylic acids is 3. The normalized spacial score (nSPS) is 12.1. The van der Waals surface area contributed by atoms with Gasteiger partial charge in [0.15, 0.2) is 0 Å². The van der Waals surface area contributed by atoms with E-state index >= 15 is 0 Å². The third-order valence-electron chi connectivity index (χ3n) is 8.51. The molecule has 4 rings (SSSR count). The largest absolute Gasteiger partial charge is 0.513 e. The zero-order valence-electron chi connectivity index (χ0n) is 30.3. The molecule has 12 nitrogen and oxygen atoms in total. The van der Waals surface area contributed by atoms with Gasteiger partial charge >= 0.3 is 12.1 Å².